The monoisotopic (exact) mass is 343 g/mol. The van der Waals surface area contributed by atoms with E-state index in [0.29, 0.717) is 22.9 Å². The van der Waals surface area contributed by atoms with Gasteiger partial charge in [0.2, 0.25) is 5.95 Å². The van der Waals surface area contributed by atoms with E-state index < -0.39 is 0 Å². The van der Waals surface area contributed by atoms with Crippen molar-refractivity contribution in [1.29, 1.82) is 0 Å². The lowest BCUT2D eigenvalue weighted by molar-refractivity contribution is 0.400. The third-order valence-electron chi connectivity index (χ3n) is 4.69. The van der Waals surface area contributed by atoms with Crippen LogP contribution in [0.25, 0.3) is 11.0 Å². The molecule has 2 aromatic heterocycles. The summed E-state index contributed by atoms with van der Waals surface area (Å²) in [6, 6.07) is 8.03. The Hall–Kier alpha value is -2.34. The Morgan fingerprint density at radius 3 is 2.83 bits per heavy atom. The van der Waals surface area contributed by atoms with Crippen LogP contribution in [0.2, 0.25) is 5.02 Å². The summed E-state index contributed by atoms with van der Waals surface area (Å²) in [5.74, 6) is 1.22. The number of anilines is 1. The molecule has 7 heteroatoms. The molecule has 0 unspecified atom stereocenters. The Labute approximate surface area is 143 Å². The number of fused-ring (bicyclic) bond motifs is 1. The van der Waals surface area contributed by atoms with Crippen LogP contribution in [0.4, 0.5) is 5.95 Å². The van der Waals surface area contributed by atoms with Crippen molar-refractivity contribution >= 4 is 28.6 Å². The number of H-pyrrole nitrogens is 2. The van der Waals surface area contributed by atoms with Crippen LogP contribution in [0, 0.1) is 5.92 Å². The molecule has 0 amide bonds. The Balaban J connectivity index is 1.45. The summed E-state index contributed by atoms with van der Waals surface area (Å²) >= 11 is 6.26. The molecule has 1 aliphatic heterocycles. The minimum absolute atomic E-state index is 0.151. The summed E-state index contributed by atoms with van der Waals surface area (Å²) in [6.45, 7) is 1.75. The molecule has 3 heterocycles. The number of aromatic amines is 2. The molecule has 6 nitrogen and oxygen atoms in total. The Morgan fingerprint density at radius 2 is 2.04 bits per heavy atom. The highest BCUT2D eigenvalue weighted by molar-refractivity contribution is 6.31. The van der Waals surface area contributed by atoms with Crippen LogP contribution in [0.5, 0.6) is 0 Å². The van der Waals surface area contributed by atoms with E-state index in [0.717, 1.165) is 37.4 Å². The fourth-order valence-electron chi connectivity index (χ4n) is 3.31. The fraction of sp³-hybridized carbons (Fsp3) is 0.353. The summed E-state index contributed by atoms with van der Waals surface area (Å²) in [6.07, 6.45) is 4.60. The molecule has 1 aromatic carbocycles. The Kier molecular flexibility index (Phi) is 3.98. The number of nitrogens with zero attached hydrogens (tertiary/aromatic N) is 3. The number of hydrogen-bond donors (Lipinski definition) is 2. The zero-order valence-electron chi connectivity index (χ0n) is 13.1. The van der Waals surface area contributed by atoms with Gasteiger partial charge in [0.15, 0.2) is 5.65 Å². The van der Waals surface area contributed by atoms with Crippen molar-refractivity contribution in [1.82, 2.24) is 20.2 Å². The van der Waals surface area contributed by atoms with Gasteiger partial charge < -0.3 is 4.90 Å². The second-order valence-corrected chi connectivity index (χ2v) is 6.65. The number of halogens is 1. The average Bonchev–Trinajstić information content (AvgIpc) is 3.07. The molecule has 0 spiro atoms. The summed E-state index contributed by atoms with van der Waals surface area (Å²) in [5, 5.41) is 7.98. The van der Waals surface area contributed by atoms with Crippen molar-refractivity contribution in [2.45, 2.75) is 19.3 Å². The van der Waals surface area contributed by atoms with E-state index in [1.54, 1.807) is 0 Å². The first-order chi connectivity index (χ1) is 11.7. The predicted molar refractivity (Wildman–Crippen MR) is 94.6 cm³/mol. The topological polar surface area (TPSA) is 77.7 Å². The summed E-state index contributed by atoms with van der Waals surface area (Å²) in [7, 11) is 0. The largest absolute Gasteiger partial charge is 0.342 e. The van der Waals surface area contributed by atoms with Crippen LogP contribution in [0.3, 0.4) is 0 Å². The van der Waals surface area contributed by atoms with Gasteiger partial charge in [-0.1, -0.05) is 29.8 Å². The van der Waals surface area contributed by atoms with E-state index in [1.807, 2.05) is 18.2 Å². The molecule has 0 aliphatic carbocycles. The zero-order chi connectivity index (χ0) is 16.5. The number of benzene rings is 1. The molecule has 1 fully saturated rings. The molecule has 0 atom stereocenters. The van der Waals surface area contributed by atoms with Gasteiger partial charge in [0.05, 0.1) is 6.20 Å². The van der Waals surface area contributed by atoms with Crippen LogP contribution >= 0.6 is 11.6 Å². The minimum Gasteiger partial charge on any atom is -0.342 e. The SMILES string of the molecule is O=c1[nH]c(N2CCC(Cc3ccccc3Cl)CC2)nc2[nH]ncc12. The predicted octanol–water partition coefficient (Wildman–Crippen LogP) is 2.76. The van der Waals surface area contributed by atoms with Crippen LogP contribution < -0.4 is 10.5 Å². The van der Waals surface area contributed by atoms with Crippen molar-refractivity contribution in [3.05, 3.63) is 51.4 Å². The molecule has 4 rings (SSSR count). The maximum absolute atomic E-state index is 12.0. The molecule has 2 N–H and O–H groups in total. The van der Waals surface area contributed by atoms with Gasteiger partial charge in [-0.05, 0) is 36.8 Å². The van der Waals surface area contributed by atoms with Gasteiger partial charge in [-0.3, -0.25) is 14.9 Å². The van der Waals surface area contributed by atoms with Crippen molar-refractivity contribution in [3.63, 3.8) is 0 Å². The third kappa shape index (κ3) is 2.89. The maximum Gasteiger partial charge on any atom is 0.263 e. The third-order valence-corrected chi connectivity index (χ3v) is 5.06. The molecular formula is C17H18ClN5O. The lowest BCUT2D eigenvalue weighted by Gasteiger charge is -2.32. The highest BCUT2D eigenvalue weighted by Crippen LogP contribution is 2.26. The molecule has 3 aromatic rings. The van der Waals surface area contributed by atoms with Crippen molar-refractivity contribution in [2.24, 2.45) is 5.92 Å². The summed E-state index contributed by atoms with van der Waals surface area (Å²) in [4.78, 5) is 21.5. The van der Waals surface area contributed by atoms with Crippen LogP contribution in [0.15, 0.2) is 35.3 Å². The zero-order valence-corrected chi connectivity index (χ0v) is 13.9. The van der Waals surface area contributed by atoms with Crippen LogP contribution in [-0.4, -0.2) is 33.3 Å². The van der Waals surface area contributed by atoms with Gasteiger partial charge >= 0.3 is 0 Å². The summed E-state index contributed by atoms with van der Waals surface area (Å²) in [5.41, 5.74) is 1.59. The highest BCUT2D eigenvalue weighted by Gasteiger charge is 2.22. The number of rotatable bonds is 3. The van der Waals surface area contributed by atoms with Crippen LogP contribution in [-0.2, 0) is 6.42 Å². The highest BCUT2D eigenvalue weighted by atomic mass is 35.5. The molecule has 0 bridgehead atoms. The van der Waals surface area contributed by atoms with Gasteiger partial charge in [-0.15, -0.1) is 0 Å². The van der Waals surface area contributed by atoms with E-state index in [9.17, 15) is 4.79 Å². The minimum atomic E-state index is -0.151. The van der Waals surface area contributed by atoms with Gasteiger partial charge in [0, 0.05) is 18.1 Å². The quantitative estimate of drug-likeness (QED) is 0.766. The van der Waals surface area contributed by atoms with Gasteiger partial charge in [-0.2, -0.15) is 10.1 Å². The average molecular weight is 344 g/mol. The molecule has 124 valence electrons. The first-order valence-corrected chi connectivity index (χ1v) is 8.50. The standard InChI is InChI=1S/C17H18ClN5O/c18-14-4-2-1-3-12(14)9-11-5-7-23(8-6-11)17-20-15-13(10-19-22-15)16(24)21-17/h1-4,10-11H,5-9H2,(H2,19,20,21,22,24). The molecule has 0 saturated carbocycles. The molecular weight excluding hydrogens is 326 g/mol. The molecule has 0 radical (unpaired) electrons. The van der Waals surface area contributed by atoms with E-state index >= 15 is 0 Å². The number of aromatic nitrogens is 4. The fourth-order valence-corrected chi connectivity index (χ4v) is 3.52. The smallest absolute Gasteiger partial charge is 0.263 e. The van der Waals surface area contributed by atoms with Crippen molar-refractivity contribution < 1.29 is 0 Å². The maximum atomic E-state index is 12.0. The van der Waals surface area contributed by atoms with Crippen LogP contribution in [0.1, 0.15) is 18.4 Å². The normalized spacial score (nSPS) is 16.0. The molecule has 24 heavy (non-hydrogen) atoms. The first kappa shape index (κ1) is 15.2. The van der Waals surface area contributed by atoms with E-state index in [2.05, 4.69) is 31.1 Å². The Bertz CT molecular complexity index is 910. The number of hydrogen-bond acceptors (Lipinski definition) is 4. The lowest BCUT2D eigenvalue weighted by Crippen LogP contribution is -2.36. The Morgan fingerprint density at radius 1 is 1.25 bits per heavy atom. The first-order valence-electron chi connectivity index (χ1n) is 8.12. The molecule has 1 aliphatic rings. The lowest BCUT2D eigenvalue weighted by atomic mass is 9.90. The van der Waals surface area contributed by atoms with Crippen molar-refractivity contribution in [3.8, 4) is 0 Å². The van der Waals surface area contributed by atoms with E-state index in [-0.39, 0.29) is 5.56 Å². The van der Waals surface area contributed by atoms with E-state index in [4.69, 9.17) is 11.6 Å². The van der Waals surface area contributed by atoms with Crippen molar-refractivity contribution in [2.75, 3.05) is 18.0 Å². The second-order valence-electron chi connectivity index (χ2n) is 6.25. The van der Waals surface area contributed by atoms with Gasteiger partial charge in [-0.25, -0.2) is 0 Å². The van der Waals surface area contributed by atoms with E-state index in [1.165, 1.54) is 11.8 Å². The molecule has 1 saturated heterocycles. The van der Waals surface area contributed by atoms with Gasteiger partial charge in [0.1, 0.15) is 5.39 Å². The summed E-state index contributed by atoms with van der Waals surface area (Å²) < 4.78 is 0. The number of nitrogens with one attached hydrogen (secondary N) is 2. The number of piperidine rings is 1. The second kappa shape index (κ2) is 6.28. The van der Waals surface area contributed by atoms with Gasteiger partial charge in [0.25, 0.3) is 5.56 Å².